The van der Waals surface area contributed by atoms with Gasteiger partial charge in [-0.2, -0.15) is 0 Å². The molecule has 1 aliphatic carbocycles. The summed E-state index contributed by atoms with van der Waals surface area (Å²) in [7, 11) is 5.31. The number of carbonyl (C=O) groups is 10. The predicted molar refractivity (Wildman–Crippen MR) is 306 cm³/mol. The first-order valence-corrected chi connectivity index (χ1v) is 28.3. The first-order valence-electron chi connectivity index (χ1n) is 28.3. The fraction of sp³-hybridized carbons (Fsp3) is 0.541. The highest BCUT2D eigenvalue weighted by molar-refractivity contribution is 5.92. The Morgan fingerprint density at radius 1 is 0.721 bits per heavy atom. The van der Waals surface area contributed by atoms with E-state index in [0.717, 1.165) is 55.0 Å². The van der Waals surface area contributed by atoms with Crippen molar-refractivity contribution in [2.24, 2.45) is 17.8 Å². The van der Waals surface area contributed by atoms with Gasteiger partial charge in [0, 0.05) is 73.0 Å². The Labute approximate surface area is 500 Å². The maximum atomic E-state index is 14.3. The van der Waals surface area contributed by atoms with Crippen LogP contribution in [0.5, 0.6) is 5.75 Å². The Kier molecular flexibility index (Phi) is 25.2. The molecular formula is C61H81N5O20. The Morgan fingerprint density at radius 3 is 1.86 bits per heavy atom. The zero-order chi connectivity index (χ0) is 63.7. The standard InChI is InChI=1S/C61H81N5O20/c1-14-34(6)51(46(78-12)28-48(71)72)65(10)57(74)49(32(2)3)64-56(73)50(33(4)5)66(11)61(77)81-30-38-23-24-45(85-59-55(84-37(9)69)53(83-36(8)68)52(82-35(7)67)54(86-59)58(75)79-13)39(27-38)29-63-47(70)25-26-62-60(76)80-31-44-42-21-17-15-19-40(42)41-20-16-18-22-43(41)44/h15-24,27,32-34,44,46,49-55,59H,14,25-26,28-31H2,1-13H3,(H,62,76)(H,63,70)(H,64,73)(H,71,72)/t34-,46+,49-,50-,51-,52-,53-,54-,55+,59+/m0/s1. The number of fused-ring (bicyclic) bond motifs is 3. The lowest BCUT2D eigenvalue weighted by molar-refractivity contribution is -0.282. The van der Waals surface area contributed by atoms with E-state index in [0.29, 0.717) is 12.0 Å². The molecule has 3 aromatic rings. The molecule has 0 aromatic heterocycles. The number of rotatable bonds is 28. The van der Waals surface area contributed by atoms with E-state index in [1.54, 1.807) is 34.7 Å². The number of likely N-dealkylation sites (N-methyl/N-ethyl adjacent to an activating group) is 2. The molecule has 1 aliphatic heterocycles. The summed E-state index contributed by atoms with van der Waals surface area (Å²) in [6.45, 7) is 13.0. The summed E-state index contributed by atoms with van der Waals surface area (Å²) >= 11 is 0. The predicted octanol–water partition coefficient (Wildman–Crippen LogP) is 5.40. The van der Waals surface area contributed by atoms with Crippen molar-refractivity contribution in [1.82, 2.24) is 25.8 Å². The Bertz CT molecular complexity index is 2870. The van der Waals surface area contributed by atoms with E-state index in [1.807, 2.05) is 62.4 Å². The van der Waals surface area contributed by atoms with Crippen molar-refractivity contribution < 1.29 is 95.7 Å². The number of carbonyl (C=O) groups excluding carboxylic acids is 9. The van der Waals surface area contributed by atoms with Gasteiger partial charge in [0.25, 0.3) is 0 Å². The van der Waals surface area contributed by atoms with Crippen LogP contribution in [0.3, 0.4) is 0 Å². The topological polar surface area (TPSA) is 317 Å². The first kappa shape index (κ1) is 68.5. The molecule has 0 saturated carbocycles. The normalized spacial score (nSPS) is 18.7. The number of nitrogens with zero attached hydrogens (tertiary/aromatic N) is 2. The second-order valence-electron chi connectivity index (χ2n) is 21.8. The summed E-state index contributed by atoms with van der Waals surface area (Å²) in [5.74, 6) is -8.05. The number of benzene rings is 3. The number of carboxylic acid groups (broad SMARTS) is 1. The van der Waals surface area contributed by atoms with E-state index in [4.69, 9.17) is 42.6 Å². The molecule has 25 nitrogen and oxygen atoms in total. The van der Waals surface area contributed by atoms with Gasteiger partial charge in [-0.25, -0.2) is 14.4 Å². The van der Waals surface area contributed by atoms with Crippen LogP contribution >= 0.6 is 0 Å². The molecule has 470 valence electrons. The highest BCUT2D eigenvalue weighted by Crippen LogP contribution is 2.44. The second-order valence-corrected chi connectivity index (χ2v) is 21.8. The third-order valence-electron chi connectivity index (χ3n) is 14.9. The number of hydrogen-bond donors (Lipinski definition) is 4. The number of methoxy groups -OCH3 is 2. The molecule has 2 aliphatic rings. The number of amides is 5. The van der Waals surface area contributed by atoms with Crippen LogP contribution in [0.15, 0.2) is 66.7 Å². The molecule has 4 N–H and O–H groups in total. The largest absolute Gasteiger partial charge is 0.481 e. The second kappa shape index (κ2) is 31.7. The molecule has 1 heterocycles. The molecule has 1 saturated heterocycles. The number of alkyl carbamates (subject to hydrolysis) is 1. The zero-order valence-corrected chi connectivity index (χ0v) is 50.9. The summed E-state index contributed by atoms with van der Waals surface area (Å²) in [5, 5.41) is 17.8. The van der Waals surface area contributed by atoms with Gasteiger partial charge in [-0.15, -0.1) is 0 Å². The molecule has 0 unspecified atom stereocenters. The van der Waals surface area contributed by atoms with E-state index < -0.39 is 133 Å². The van der Waals surface area contributed by atoms with Crippen molar-refractivity contribution in [2.45, 2.75) is 156 Å². The smallest absolute Gasteiger partial charge is 0.410 e. The number of hydrogen-bond acceptors (Lipinski definition) is 19. The minimum atomic E-state index is -1.80. The SMILES string of the molecule is CC[C@H](C)[C@@H]([C@@H](CC(=O)O)OC)N(C)C(=O)[C@@H](NC(=O)[C@H](C(C)C)N(C)C(=O)OCc1ccc(O[C@@H]2O[C@H](C(=O)OC)[C@@H](OC(C)=O)[C@H](OC(C)=O)[C@H]2OC(C)=O)c(CNC(=O)CCNC(=O)OCC2c3ccccc3-c3ccccc32)c1)C(C)C. The van der Waals surface area contributed by atoms with Gasteiger partial charge in [0.05, 0.1) is 25.7 Å². The van der Waals surface area contributed by atoms with Crippen LogP contribution in [0.2, 0.25) is 0 Å². The quantitative estimate of drug-likeness (QED) is 0.0522. The van der Waals surface area contributed by atoms with Crippen LogP contribution in [0.4, 0.5) is 9.59 Å². The average Bonchev–Trinajstić information content (AvgIpc) is 1.60. The van der Waals surface area contributed by atoms with Crippen molar-refractivity contribution in [3.8, 4) is 16.9 Å². The molecule has 3 aromatic carbocycles. The lowest BCUT2D eigenvalue weighted by atomic mass is 9.90. The van der Waals surface area contributed by atoms with Crippen LogP contribution in [0.25, 0.3) is 11.1 Å². The minimum absolute atomic E-state index is 0.0496. The van der Waals surface area contributed by atoms with Gasteiger partial charge in [0.15, 0.2) is 18.3 Å². The van der Waals surface area contributed by atoms with Gasteiger partial charge in [-0.3, -0.25) is 38.5 Å². The van der Waals surface area contributed by atoms with Gasteiger partial charge in [0.1, 0.15) is 31.0 Å². The monoisotopic (exact) mass is 1200 g/mol. The molecule has 25 heteroatoms. The van der Waals surface area contributed by atoms with Gasteiger partial charge in [-0.05, 0) is 57.7 Å². The van der Waals surface area contributed by atoms with E-state index in [9.17, 15) is 53.1 Å². The average molecular weight is 1200 g/mol. The molecule has 0 bridgehead atoms. The maximum absolute atomic E-state index is 14.3. The molecule has 0 spiro atoms. The molecule has 5 rings (SSSR count). The van der Waals surface area contributed by atoms with E-state index in [1.165, 1.54) is 37.3 Å². The highest BCUT2D eigenvalue weighted by atomic mass is 16.7. The fourth-order valence-corrected chi connectivity index (χ4v) is 10.6. The van der Waals surface area contributed by atoms with Crippen molar-refractivity contribution >= 4 is 59.8 Å². The van der Waals surface area contributed by atoms with Gasteiger partial charge >= 0.3 is 42.0 Å². The Morgan fingerprint density at radius 2 is 1.31 bits per heavy atom. The summed E-state index contributed by atoms with van der Waals surface area (Å²) in [4.78, 5) is 134. The summed E-state index contributed by atoms with van der Waals surface area (Å²) in [6.07, 6.45) is -11.2. The molecule has 1 fully saturated rings. The van der Waals surface area contributed by atoms with Crippen molar-refractivity contribution in [1.29, 1.82) is 0 Å². The number of nitrogens with one attached hydrogen (secondary N) is 3. The Balaban J connectivity index is 1.36. The lowest BCUT2D eigenvalue weighted by Gasteiger charge is -2.43. The zero-order valence-electron chi connectivity index (χ0n) is 50.9. The Hall–Kier alpha value is -8.32. The van der Waals surface area contributed by atoms with Crippen LogP contribution in [-0.4, -0.2) is 171 Å². The van der Waals surface area contributed by atoms with E-state index >= 15 is 0 Å². The summed E-state index contributed by atoms with van der Waals surface area (Å²) in [5.41, 5.74) is 4.65. The third kappa shape index (κ3) is 17.9. The fourth-order valence-electron chi connectivity index (χ4n) is 10.6. The van der Waals surface area contributed by atoms with Crippen molar-refractivity contribution in [3.63, 3.8) is 0 Å². The van der Waals surface area contributed by atoms with E-state index in [2.05, 4.69) is 16.0 Å². The molecule has 5 amide bonds. The molecule has 0 radical (unpaired) electrons. The van der Waals surface area contributed by atoms with Crippen molar-refractivity contribution in [2.75, 3.05) is 41.5 Å². The summed E-state index contributed by atoms with van der Waals surface area (Å²) in [6, 6.07) is 17.2. The molecule has 86 heavy (non-hydrogen) atoms. The number of carboxylic acids is 1. The van der Waals surface area contributed by atoms with Gasteiger partial charge < -0.3 is 68.6 Å². The maximum Gasteiger partial charge on any atom is 0.410 e. The minimum Gasteiger partial charge on any atom is -0.481 e. The number of aliphatic carboxylic acids is 1. The van der Waals surface area contributed by atoms with Crippen LogP contribution in [0, 0.1) is 17.8 Å². The van der Waals surface area contributed by atoms with Crippen LogP contribution < -0.4 is 20.7 Å². The highest BCUT2D eigenvalue weighted by Gasteiger charge is 2.56. The van der Waals surface area contributed by atoms with Crippen molar-refractivity contribution in [3.05, 3.63) is 89.0 Å². The summed E-state index contributed by atoms with van der Waals surface area (Å²) < 4.78 is 50.6. The molecular weight excluding hydrogens is 1120 g/mol. The van der Waals surface area contributed by atoms with Gasteiger partial charge in [0.2, 0.25) is 30.1 Å². The molecule has 10 atom stereocenters. The third-order valence-corrected chi connectivity index (χ3v) is 14.9. The van der Waals surface area contributed by atoms with Gasteiger partial charge in [-0.1, -0.05) is 103 Å². The van der Waals surface area contributed by atoms with E-state index in [-0.39, 0.29) is 55.7 Å². The van der Waals surface area contributed by atoms with Crippen LogP contribution in [0.1, 0.15) is 110 Å². The van der Waals surface area contributed by atoms with Crippen LogP contribution in [-0.2, 0) is 89.4 Å². The number of esters is 4. The lowest BCUT2D eigenvalue weighted by Crippen LogP contribution is -2.64. The first-order chi connectivity index (χ1) is 40.7. The number of ether oxygens (including phenoxy) is 9.